The van der Waals surface area contributed by atoms with E-state index in [-0.39, 0.29) is 26.8 Å². The summed E-state index contributed by atoms with van der Waals surface area (Å²) in [5.74, 6) is -1.07. The highest BCUT2D eigenvalue weighted by Gasteiger charge is 2.28. The van der Waals surface area contributed by atoms with Gasteiger partial charge in [0.1, 0.15) is 16.2 Å². The van der Waals surface area contributed by atoms with E-state index in [2.05, 4.69) is 4.98 Å². The van der Waals surface area contributed by atoms with Crippen LogP contribution in [0, 0.1) is 0 Å². The topological polar surface area (TPSA) is 98.2 Å². The zero-order chi connectivity index (χ0) is 16.0. The quantitative estimate of drug-likeness (QED) is 0.544. The van der Waals surface area contributed by atoms with Gasteiger partial charge >= 0.3 is 6.03 Å². The predicted molar refractivity (Wildman–Crippen MR) is 84.2 cm³/mol. The number of hydrogen-bond acceptors (Lipinski definition) is 5. The number of aromatic nitrogens is 2. The summed E-state index contributed by atoms with van der Waals surface area (Å²) in [4.78, 5) is 28.5. The van der Waals surface area contributed by atoms with Crippen molar-refractivity contribution in [1.29, 1.82) is 0 Å². The fourth-order valence-corrected chi connectivity index (χ4v) is 3.06. The summed E-state index contributed by atoms with van der Waals surface area (Å²) in [5.41, 5.74) is 5.28. The number of fused-ring (bicyclic) bond motifs is 1. The van der Waals surface area contributed by atoms with Crippen LogP contribution in [-0.2, 0) is 0 Å². The number of pyridine rings is 1. The Morgan fingerprint density at radius 3 is 2.68 bits per heavy atom. The summed E-state index contributed by atoms with van der Waals surface area (Å²) in [7, 11) is 0. The number of amides is 1. The van der Waals surface area contributed by atoms with Crippen LogP contribution in [0.4, 0.5) is 4.79 Å². The van der Waals surface area contributed by atoms with Gasteiger partial charge in [-0.2, -0.15) is 0 Å². The summed E-state index contributed by atoms with van der Waals surface area (Å²) in [5, 5.41) is 12.0. The molecule has 0 aliphatic heterocycles. The molecule has 0 radical (unpaired) electrons. The molecule has 3 aromatic rings. The monoisotopic (exact) mass is 355 g/mol. The first-order chi connectivity index (χ1) is 10.4. The molecule has 6 nitrogen and oxygen atoms in total. The third-order valence-electron chi connectivity index (χ3n) is 3.02. The first-order valence-corrected chi connectivity index (χ1v) is 7.52. The van der Waals surface area contributed by atoms with Crippen LogP contribution in [0.25, 0.3) is 11.0 Å². The molecule has 0 aliphatic carbocycles. The lowest BCUT2D eigenvalue weighted by Gasteiger charge is -2.00. The molecule has 3 heterocycles. The van der Waals surface area contributed by atoms with Crippen LogP contribution in [0.1, 0.15) is 15.2 Å². The number of carbonyl (C=O) groups excluding carboxylic acids is 2. The smallest absolute Gasteiger partial charge is 0.326 e. The molecule has 0 saturated carbocycles. The number of carbonyl (C=O) groups is 2. The highest BCUT2D eigenvalue weighted by molar-refractivity contribution is 7.12. The van der Waals surface area contributed by atoms with Crippen LogP contribution in [-0.4, -0.2) is 26.5 Å². The zero-order valence-corrected chi connectivity index (χ0v) is 13.0. The van der Waals surface area contributed by atoms with Crippen LogP contribution in [0.3, 0.4) is 0 Å². The van der Waals surface area contributed by atoms with E-state index in [9.17, 15) is 14.7 Å². The average Bonchev–Trinajstić information content (AvgIpc) is 3.05. The highest BCUT2D eigenvalue weighted by Crippen LogP contribution is 2.35. The summed E-state index contributed by atoms with van der Waals surface area (Å²) < 4.78 is 0.769. The van der Waals surface area contributed by atoms with Gasteiger partial charge in [-0.05, 0) is 17.5 Å². The zero-order valence-electron chi connectivity index (χ0n) is 10.7. The van der Waals surface area contributed by atoms with Gasteiger partial charge in [-0.1, -0.05) is 29.3 Å². The molecule has 3 N–H and O–H groups in total. The van der Waals surface area contributed by atoms with E-state index in [1.807, 2.05) is 0 Å². The molecule has 0 fully saturated rings. The normalized spacial score (nSPS) is 11.0. The third kappa shape index (κ3) is 2.14. The lowest BCUT2D eigenvalue weighted by Crippen LogP contribution is -2.19. The van der Waals surface area contributed by atoms with E-state index in [1.54, 1.807) is 17.5 Å². The summed E-state index contributed by atoms with van der Waals surface area (Å²) in [6.45, 7) is 0. The molecule has 0 atom stereocenters. The number of ketones is 1. The van der Waals surface area contributed by atoms with Crippen molar-refractivity contribution in [1.82, 2.24) is 9.55 Å². The molecular weight excluding hydrogens is 349 g/mol. The second kappa shape index (κ2) is 5.28. The van der Waals surface area contributed by atoms with Crippen LogP contribution >= 0.6 is 34.5 Å². The van der Waals surface area contributed by atoms with Crippen molar-refractivity contribution in [2.75, 3.05) is 0 Å². The summed E-state index contributed by atoms with van der Waals surface area (Å²) in [6.07, 6.45) is 0. The predicted octanol–water partition coefficient (Wildman–Crippen LogP) is 3.27. The van der Waals surface area contributed by atoms with E-state index in [0.29, 0.717) is 4.88 Å². The molecule has 0 unspecified atom stereocenters. The van der Waals surface area contributed by atoms with E-state index >= 15 is 0 Å². The molecule has 0 spiro atoms. The number of hydrogen-bond donors (Lipinski definition) is 2. The van der Waals surface area contributed by atoms with Crippen LogP contribution in [0.5, 0.6) is 5.88 Å². The van der Waals surface area contributed by atoms with Gasteiger partial charge < -0.3 is 10.8 Å². The lowest BCUT2D eigenvalue weighted by atomic mass is 10.1. The van der Waals surface area contributed by atoms with Crippen molar-refractivity contribution in [3.05, 3.63) is 44.2 Å². The lowest BCUT2D eigenvalue weighted by molar-refractivity contribution is 0.104. The second-order valence-electron chi connectivity index (χ2n) is 4.31. The number of aromatic hydroxyl groups is 1. The van der Waals surface area contributed by atoms with Crippen molar-refractivity contribution >= 4 is 57.4 Å². The summed E-state index contributed by atoms with van der Waals surface area (Å²) >= 11 is 12.9. The largest absolute Gasteiger partial charge is 0.494 e. The fourth-order valence-electron chi connectivity index (χ4n) is 2.11. The van der Waals surface area contributed by atoms with Gasteiger partial charge in [-0.3, -0.25) is 4.79 Å². The molecule has 112 valence electrons. The van der Waals surface area contributed by atoms with Crippen molar-refractivity contribution in [2.45, 2.75) is 0 Å². The van der Waals surface area contributed by atoms with E-state index in [4.69, 9.17) is 28.9 Å². The van der Waals surface area contributed by atoms with Crippen LogP contribution in [0.15, 0.2) is 23.6 Å². The Balaban J connectivity index is 2.39. The molecule has 0 saturated heterocycles. The molecule has 9 heteroatoms. The third-order valence-corrected chi connectivity index (χ3v) is 4.56. The van der Waals surface area contributed by atoms with Gasteiger partial charge in [-0.25, -0.2) is 14.3 Å². The molecule has 22 heavy (non-hydrogen) atoms. The SMILES string of the molecule is NC(=O)n1c(O)c(C(=O)c2cccs2)c2nc(Cl)c(Cl)cc21. The number of primary amides is 1. The number of thiophene rings is 1. The standard InChI is InChI=1S/C13H7Cl2N3O3S/c14-5-4-6-9(17-11(5)15)8(12(20)18(6)13(16)21)10(19)7-2-1-3-22-7/h1-4,20H,(H2,16,21). The number of nitrogens with zero attached hydrogens (tertiary/aromatic N) is 2. The van der Waals surface area contributed by atoms with Crippen LogP contribution < -0.4 is 5.73 Å². The van der Waals surface area contributed by atoms with Gasteiger partial charge in [0.25, 0.3) is 0 Å². The minimum Gasteiger partial charge on any atom is -0.494 e. The Morgan fingerprint density at radius 1 is 1.36 bits per heavy atom. The van der Waals surface area contributed by atoms with Gasteiger partial charge in [-0.15, -0.1) is 11.3 Å². The second-order valence-corrected chi connectivity index (χ2v) is 6.02. The van der Waals surface area contributed by atoms with E-state index in [0.717, 1.165) is 4.57 Å². The van der Waals surface area contributed by atoms with Gasteiger partial charge in [0, 0.05) is 0 Å². The Hall–Kier alpha value is -2.09. The Kier molecular flexibility index (Phi) is 3.56. The molecule has 3 aromatic heterocycles. The van der Waals surface area contributed by atoms with Crippen molar-refractivity contribution in [3.63, 3.8) is 0 Å². The molecule has 0 aliphatic rings. The van der Waals surface area contributed by atoms with E-state index < -0.39 is 17.7 Å². The maximum atomic E-state index is 12.5. The summed E-state index contributed by atoms with van der Waals surface area (Å²) in [6, 6.07) is 3.65. The number of nitrogens with two attached hydrogens (primary N) is 1. The maximum absolute atomic E-state index is 12.5. The van der Waals surface area contributed by atoms with Crippen molar-refractivity contribution in [2.24, 2.45) is 5.73 Å². The average molecular weight is 356 g/mol. The van der Waals surface area contributed by atoms with Gasteiger partial charge in [0.15, 0.2) is 0 Å². The maximum Gasteiger partial charge on any atom is 0.326 e. The number of rotatable bonds is 2. The fraction of sp³-hybridized carbons (Fsp3) is 0. The minimum atomic E-state index is -0.965. The Bertz CT molecular complexity index is 919. The minimum absolute atomic E-state index is 0.0454. The Labute approximate surface area is 137 Å². The molecule has 0 aromatic carbocycles. The highest BCUT2D eigenvalue weighted by atomic mass is 35.5. The van der Waals surface area contributed by atoms with Crippen LogP contribution in [0.2, 0.25) is 10.2 Å². The van der Waals surface area contributed by atoms with Crippen molar-refractivity contribution in [3.8, 4) is 5.88 Å². The Morgan fingerprint density at radius 2 is 2.09 bits per heavy atom. The van der Waals surface area contributed by atoms with E-state index in [1.165, 1.54) is 17.4 Å². The first kappa shape index (κ1) is 14.8. The molecule has 3 rings (SSSR count). The number of halogens is 2. The van der Waals surface area contributed by atoms with Gasteiger partial charge in [0.05, 0.1) is 15.4 Å². The molecule has 1 amide bonds. The molecule has 0 bridgehead atoms. The first-order valence-electron chi connectivity index (χ1n) is 5.89. The van der Waals surface area contributed by atoms with Crippen molar-refractivity contribution < 1.29 is 14.7 Å². The van der Waals surface area contributed by atoms with Gasteiger partial charge in [0.2, 0.25) is 11.7 Å². The molecular formula is C13H7Cl2N3O3S.